The molecule has 0 saturated carbocycles. The molecule has 1 amide bonds. The molecule has 9 nitrogen and oxygen atoms in total. The topological polar surface area (TPSA) is 123 Å². The Bertz CT molecular complexity index is 850. The van der Waals surface area contributed by atoms with Crippen LogP contribution in [-0.4, -0.2) is 35.9 Å². The van der Waals surface area contributed by atoms with Gasteiger partial charge in [-0.05, 0) is 30.7 Å². The summed E-state index contributed by atoms with van der Waals surface area (Å²) in [5, 5.41) is 24.6. The molecular weight excluding hydrogens is 342 g/mol. The van der Waals surface area contributed by atoms with Crippen LogP contribution in [-0.2, 0) is 4.79 Å². The summed E-state index contributed by atoms with van der Waals surface area (Å²) in [7, 11) is 1.42. The summed E-state index contributed by atoms with van der Waals surface area (Å²) in [6.07, 6.45) is 1.24. The van der Waals surface area contributed by atoms with Gasteiger partial charge in [0.15, 0.2) is 23.9 Å². The van der Waals surface area contributed by atoms with Gasteiger partial charge in [0.1, 0.15) is 0 Å². The summed E-state index contributed by atoms with van der Waals surface area (Å²) in [5.74, 6) is -0.460. The molecule has 0 bridgehead atoms. The number of hydrogen-bond donors (Lipinski definition) is 2. The molecule has 0 atom stereocenters. The fourth-order valence-electron chi connectivity index (χ4n) is 2.05. The Kier molecular flexibility index (Phi) is 6.10. The predicted octanol–water partition coefficient (Wildman–Crippen LogP) is 2.15. The number of aryl methyl sites for hydroxylation is 1. The van der Waals surface area contributed by atoms with Crippen molar-refractivity contribution in [2.75, 3.05) is 13.7 Å². The highest BCUT2D eigenvalue weighted by molar-refractivity contribution is 5.86. The zero-order valence-corrected chi connectivity index (χ0v) is 14.1. The maximum atomic E-state index is 11.8. The Morgan fingerprint density at radius 1 is 1.35 bits per heavy atom. The van der Waals surface area contributed by atoms with Gasteiger partial charge in [-0.1, -0.05) is 12.1 Å². The number of rotatable bonds is 7. The molecule has 0 aromatic heterocycles. The second-order valence-corrected chi connectivity index (χ2v) is 5.21. The average Bonchev–Trinajstić information content (AvgIpc) is 2.62. The van der Waals surface area contributed by atoms with Crippen LogP contribution in [0.25, 0.3) is 0 Å². The SMILES string of the molecule is COc1cccc(C=NNC(=O)COc2ccc(C)cc2[N+](=O)[O-])c1O. The van der Waals surface area contributed by atoms with Gasteiger partial charge in [-0.15, -0.1) is 0 Å². The average molecular weight is 359 g/mol. The molecule has 0 aliphatic carbocycles. The van der Waals surface area contributed by atoms with E-state index in [9.17, 15) is 20.0 Å². The van der Waals surface area contributed by atoms with E-state index >= 15 is 0 Å². The molecule has 0 saturated heterocycles. The number of carbonyl (C=O) groups is 1. The number of nitro groups is 1. The highest BCUT2D eigenvalue weighted by Crippen LogP contribution is 2.28. The fraction of sp³-hybridized carbons (Fsp3) is 0.176. The van der Waals surface area contributed by atoms with E-state index in [-0.39, 0.29) is 22.9 Å². The number of methoxy groups -OCH3 is 1. The number of phenols is 1. The van der Waals surface area contributed by atoms with Crippen molar-refractivity contribution < 1.29 is 24.3 Å². The molecule has 2 N–H and O–H groups in total. The van der Waals surface area contributed by atoms with Gasteiger partial charge in [0, 0.05) is 11.6 Å². The molecule has 0 heterocycles. The molecule has 136 valence electrons. The van der Waals surface area contributed by atoms with Crippen LogP contribution in [0.3, 0.4) is 0 Å². The first-order valence-electron chi connectivity index (χ1n) is 7.48. The fourth-order valence-corrected chi connectivity index (χ4v) is 2.05. The summed E-state index contributed by atoms with van der Waals surface area (Å²) in [6, 6.07) is 9.24. The van der Waals surface area contributed by atoms with Gasteiger partial charge in [0.25, 0.3) is 5.91 Å². The molecule has 0 aliphatic rings. The maximum absolute atomic E-state index is 11.8. The van der Waals surface area contributed by atoms with Crippen LogP contribution in [0.4, 0.5) is 5.69 Å². The molecule has 0 unspecified atom stereocenters. The number of carbonyl (C=O) groups excluding carboxylic acids is 1. The number of phenolic OH excluding ortho intramolecular Hbond substituents is 1. The monoisotopic (exact) mass is 359 g/mol. The zero-order valence-electron chi connectivity index (χ0n) is 14.1. The number of hydrazone groups is 1. The van der Waals surface area contributed by atoms with Crippen LogP contribution >= 0.6 is 0 Å². The summed E-state index contributed by atoms with van der Waals surface area (Å²) in [4.78, 5) is 22.2. The van der Waals surface area contributed by atoms with Gasteiger partial charge in [-0.3, -0.25) is 14.9 Å². The maximum Gasteiger partial charge on any atom is 0.311 e. The lowest BCUT2D eigenvalue weighted by Gasteiger charge is -2.07. The Balaban J connectivity index is 1.95. The van der Waals surface area contributed by atoms with Crippen molar-refractivity contribution in [2.24, 2.45) is 5.10 Å². The van der Waals surface area contributed by atoms with Crippen molar-refractivity contribution >= 4 is 17.8 Å². The van der Waals surface area contributed by atoms with Gasteiger partial charge in [-0.2, -0.15) is 5.10 Å². The first-order valence-corrected chi connectivity index (χ1v) is 7.48. The number of nitrogens with zero attached hydrogens (tertiary/aromatic N) is 2. The molecule has 0 spiro atoms. The lowest BCUT2D eigenvalue weighted by atomic mass is 10.2. The second-order valence-electron chi connectivity index (χ2n) is 5.21. The van der Waals surface area contributed by atoms with E-state index in [4.69, 9.17) is 9.47 Å². The van der Waals surface area contributed by atoms with E-state index in [1.807, 2.05) is 0 Å². The van der Waals surface area contributed by atoms with Gasteiger partial charge < -0.3 is 14.6 Å². The van der Waals surface area contributed by atoms with Crippen molar-refractivity contribution in [3.05, 3.63) is 57.6 Å². The summed E-state index contributed by atoms with van der Waals surface area (Å²) >= 11 is 0. The number of benzene rings is 2. The van der Waals surface area contributed by atoms with Crippen molar-refractivity contribution in [1.29, 1.82) is 0 Å². The molecule has 26 heavy (non-hydrogen) atoms. The Hall–Kier alpha value is -3.62. The number of hydrogen-bond acceptors (Lipinski definition) is 7. The van der Waals surface area contributed by atoms with Crippen LogP contribution in [0.5, 0.6) is 17.2 Å². The summed E-state index contributed by atoms with van der Waals surface area (Å²) in [5.41, 5.74) is 3.04. The minimum Gasteiger partial charge on any atom is -0.504 e. The first kappa shape index (κ1) is 18.7. The first-order chi connectivity index (χ1) is 12.4. The molecule has 9 heteroatoms. The normalized spacial score (nSPS) is 10.5. The van der Waals surface area contributed by atoms with E-state index in [1.54, 1.807) is 31.2 Å². The molecular formula is C17H17N3O6. The van der Waals surface area contributed by atoms with Crippen LogP contribution < -0.4 is 14.9 Å². The summed E-state index contributed by atoms with van der Waals surface area (Å²) < 4.78 is 10.1. The molecule has 0 aliphatic heterocycles. The third-order valence-electron chi connectivity index (χ3n) is 3.31. The van der Waals surface area contributed by atoms with Crippen molar-refractivity contribution in [2.45, 2.75) is 6.92 Å². The third-order valence-corrected chi connectivity index (χ3v) is 3.31. The highest BCUT2D eigenvalue weighted by atomic mass is 16.6. The molecule has 2 rings (SSSR count). The van der Waals surface area contributed by atoms with Crippen LogP contribution in [0.2, 0.25) is 0 Å². The number of para-hydroxylation sites is 1. The lowest BCUT2D eigenvalue weighted by Crippen LogP contribution is -2.24. The Morgan fingerprint density at radius 2 is 2.12 bits per heavy atom. The standard InChI is InChI=1S/C17H17N3O6/c1-11-6-7-14(13(8-11)20(23)24)26-10-16(21)19-18-9-12-4-3-5-15(25-2)17(12)22/h3-9,22H,10H2,1-2H3,(H,19,21). The van der Waals surface area contributed by atoms with E-state index in [0.717, 1.165) is 0 Å². The van der Waals surface area contributed by atoms with E-state index < -0.39 is 17.4 Å². The molecule has 2 aromatic carbocycles. The van der Waals surface area contributed by atoms with Crippen molar-refractivity contribution in [3.63, 3.8) is 0 Å². The Morgan fingerprint density at radius 3 is 2.81 bits per heavy atom. The second kappa shape index (κ2) is 8.47. The third kappa shape index (κ3) is 4.69. The van der Waals surface area contributed by atoms with Gasteiger partial charge >= 0.3 is 5.69 Å². The largest absolute Gasteiger partial charge is 0.504 e. The van der Waals surface area contributed by atoms with E-state index in [0.29, 0.717) is 11.1 Å². The van der Waals surface area contributed by atoms with Crippen LogP contribution in [0.15, 0.2) is 41.5 Å². The number of nitrogens with one attached hydrogen (secondary N) is 1. The molecule has 2 aromatic rings. The number of amides is 1. The Labute approximate surface area is 149 Å². The quantitative estimate of drug-likeness (QED) is 0.443. The van der Waals surface area contributed by atoms with Crippen molar-refractivity contribution in [3.8, 4) is 17.2 Å². The smallest absolute Gasteiger partial charge is 0.311 e. The summed E-state index contributed by atoms with van der Waals surface area (Å²) in [6.45, 7) is 1.26. The van der Waals surface area contributed by atoms with Crippen LogP contribution in [0.1, 0.15) is 11.1 Å². The minimum atomic E-state index is -0.612. The van der Waals surface area contributed by atoms with Crippen LogP contribution in [0, 0.1) is 17.0 Å². The van der Waals surface area contributed by atoms with Gasteiger partial charge in [-0.25, -0.2) is 5.43 Å². The molecule has 0 radical (unpaired) electrons. The van der Waals surface area contributed by atoms with E-state index in [2.05, 4.69) is 10.5 Å². The van der Waals surface area contributed by atoms with Gasteiger partial charge in [0.05, 0.1) is 18.2 Å². The number of nitro benzene ring substituents is 1. The van der Waals surface area contributed by atoms with E-state index in [1.165, 1.54) is 25.5 Å². The highest BCUT2D eigenvalue weighted by Gasteiger charge is 2.16. The zero-order chi connectivity index (χ0) is 19.1. The molecule has 0 fully saturated rings. The predicted molar refractivity (Wildman–Crippen MR) is 93.7 cm³/mol. The van der Waals surface area contributed by atoms with Crippen molar-refractivity contribution in [1.82, 2.24) is 5.43 Å². The number of aromatic hydroxyl groups is 1. The van der Waals surface area contributed by atoms with Gasteiger partial charge in [0.2, 0.25) is 0 Å². The number of ether oxygens (including phenoxy) is 2. The minimum absolute atomic E-state index is 0.00910. The lowest BCUT2D eigenvalue weighted by molar-refractivity contribution is -0.385.